The molecule has 0 bridgehead atoms. The Hall–Kier alpha value is -1.90. The lowest BCUT2D eigenvalue weighted by molar-refractivity contribution is -0.150. The molecule has 2 rings (SSSR count). The molecule has 32 heavy (non-hydrogen) atoms. The molecule has 0 aliphatic carbocycles. The van der Waals surface area contributed by atoms with Gasteiger partial charge in [0.25, 0.3) is 0 Å². The zero-order chi connectivity index (χ0) is 24.4. The van der Waals surface area contributed by atoms with Crippen molar-refractivity contribution in [2.75, 3.05) is 13.2 Å². The Morgan fingerprint density at radius 2 is 1.72 bits per heavy atom. The largest absolute Gasteiger partial charge is 0.459 e. The van der Waals surface area contributed by atoms with Gasteiger partial charge in [-0.1, -0.05) is 51.1 Å². The third-order valence-electron chi connectivity index (χ3n) is 6.05. The van der Waals surface area contributed by atoms with Gasteiger partial charge in [0.15, 0.2) is 8.32 Å². The number of carbonyl (C=O) groups is 2. The van der Waals surface area contributed by atoms with Gasteiger partial charge in [0.2, 0.25) is 0 Å². The maximum atomic E-state index is 12.9. The maximum absolute atomic E-state index is 12.9. The first-order chi connectivity index (χ1) is 14.5. The van der Waals surface area contributed by atoms with E-state index >= 15 is 0 Å². The number of benzene rings is 1. The Kier molecular flexibility index (Phi) is 7.85. The molecule has 1 heterocycles. The van der Waals surface area contributed by atoms with Crippen LogP contribution in [-0.4, -0.2) is 60.8 Å². The minimum atomic E-state index is -2.13. The van der Waals surface area contributed by atoms with E-state index in [0.29, 0.717) is 0 Å². The number of esters is 1. The number of nitrogens with zero attached hydrogens (tertiary/aromatic N) is 1. The zero-order valence-corrected chi connectivity index (χ0v) is 21.7. The van der Waals surface area contributed by atoms with E-state index in [4.69, 9.17) is 13.9 Å². The van der Waals surface area contributed by atoms with Crippen molar-refractivity contribution in [3.63, 3.8) is 0 Å². The molecule has 1 aromatic rings. The van der Waals surface area contributed by atoms with Crippen molar-refractivity contribution in [3.05, 3.63) is 35.9 Å². The minimum Gasteiger partial charge on any atom is -0.459 e. The third-order valence-corrected chi connectivity index (χ3v) is 10.5. The Balaban J connectivity index is 2.16. The van der Waals surface area contributed by atoms with Crippen LogP contribution in [0.2, 0.25) is 18.1 Å². The van der Waals surface area contributed by atoms with Crippen LogP contribution in [0.4, 0.5) is 4.79 Å². The van der Waals surface area contributed by atoms with Crippen molar-refractivity contribution in [3.8, 4) is 0 Å². The average Bonchev–Trinajstić information content (AvgIpc) is 3.02. The third kappa shape index (κ3) is 7.05. The number of amides is 1. The van der Waals surface area contributed by atoms with Crippen LogP contribution in [0.15, 0.2) is 30.3 Å². The maximum Gasteiger partial charge on any atom is 0.411 e. The van der Waals surface area contributed by atoms with Gasteiger partial charge in [0.1, 0.15) is 23.9 Å². The molecule has 1 aromatic carbocycles. The summed E-state index contributed by atoms with van der Waals surface area (Å²) in [6.45, 7) is 15.9. The zero-order valence-electron chi connectivity index (χ0n) is 20.7. The molecule has 7 nitrogen and oxygen atoms in total. The van der Waals surface area contributed by atoms with Crippen molar-refractivity contribution in [1.82, 2.24) is 4.90 Å². The van der Waals surface area contributed by atoms with Gasteiger partial charge in [0.05, 0.1) is 13.2 Å². The molecule has 1 aliphatic rings. The number of rotatable bonds is 6. The Morgan fingerprint density at radius 3 is 2.25 bits per heavy atom. The fourth-order valence-corrected chi connectivity index (χ4v) is 4.21. The smallest absolute Gasteiger partial charge is 0.411 e. The summed E-state index contributed by atoms with van der Waals surface area (Å²) in [5.41, 5.74) is -1.24. The number of carbonyl (C=O) groups excluding carboxylic acids is 2. The number of likely N-dealkylation sites (tertiary alicyclic amines) is 1. The molecule has 1 amide bonds. The van der Waals surface area contributed by atoms with Crippen molar-refractivity contribution < 1.29 is 28.6 Å². The lowest BCUT2D eigenvalue weighted by Gasteiger charge is -2.38. The highest BCUT2D eigenvalue weighted by Gasteiger charge is 2.51. The van der Waals surface area contributed by atoms with Crippen LogP contribution < -0.4 is 0 Å². The van der Waals surface area contributed by atoms with Gasteiger partial charge in [-0.3, -0.25) is 4.90 Å². The molecule has 0 aromatic heterocycles. The molecule has 0 saturated carbocycles. The minimum absolute atomic E-state index is 0.0270. The van der Waals surface area contributed by atoms with Gasteiger partial charge >= 0.3 is 12.1 Å². The highest BCUT2D eigenvalue weighted by Crippen LogP contribution is 2.38. The van der Waals surface area contributed by atoms with Crippen molar-refractivity contribution >= 4 is 20.4 Å². The summed E-state index contributed by atoms with van der Waals surface area (Å²) in [6.07, 6.45) is -0.614. The summed E-state index contributed by atoms with van der Waals surface area (Å²) in [4.78, 5) is 27.1. The van der Waals surface area contributed by atoms with Crippen molar-refractivity contribution in [2.24, 2.45) is 0 Å². The van der Waals surface area contributed by atoms with Crippen molar-refractivity contribution in [2.45, 2.75) is 89.9 Å². The summed E-state index contributed by atoms with van der Waals surface area (Å²) < 4.78 is 17.2. The Morgan fingerprint density at radius 1 is 1.12 bits per heavy atom. The van der Waals surface area contributed by atoms with Crippen LogP contribution in [0, 0.1) is 0 Å². The van der Waals surface area contributed by atoms with Crippen molar-refractivity contribution in [1.29, 1.82) is 0 Å². The van der Waals surface area contributed by atoms with E-state index in [1.807, 2.05) is 30.3 Å². The molecule has 2 atom stereocenters. The predicted octanol–water partition coefficient (Wildman–Crippen LogP) is 4.49. The lowest BCUT2D eigenvalue weighted by Crippen LogP contribution is -2.48. The topological polar surface area (TPSA) is 85.3 Å². The fraction of sp³-hybridized carbons (Fsp3) is 0.667. The van der Waals surface area contributed by atoms with Crippen LogP contribution in [0.5, 0.6) is 0 Å². The first-order valence-electron chi connectivity index (χ1n) is 11.1. The van der Waals surface area contributed by atoms with E-state index in [9.17, 15) is 14.7 Å². The van der Waals surface area contributed by atoms with Gasteiger partial charge in [-0.05, 0) is 44.5 Å². The first kappa shape index (κ1) is 26.4. The van der Waals surface area contributed by atoms with E-state index in [0.717, 1.165) is 5.56 Å². The lowest BCUT2D eigenvalue weighted by atomic mass is 10.0. The number of β-amino-alcohol motifs (C(OH)–C–C–N with tert-alkyl or cyclic N) is 1. The second-order valence-corrected chi connectivity index (χ2v) is 16.0. The highest BCUT2D eigenvalue weighted by molar-refractivity contribution is 6.74. The second kappa shape index (κ2) is 9.53. The van der Waals surface area contributed by atoms with Gasteiger partial charge in [-0.15, -0.1) is 0 Å². The SMILES string of the molecule is CC(C)(C)OC(=O)N1C[C@@](O)(CO[Si](C)(C)C(C)(C)C)C[C@H]1C(=O)OCc1ccccc1. The van der Waals surface area contributed by atoms with Gasteiger partial charge < -0.3 is 19.0 Å². The quantitative estimate of drug-likeness (QED) is 0.492. The first-order valence-corrected chi connectivity index (χ1v) is 14.0. The van der Waals surface area contributed by atoms with Crippen LogP contribution in [0.25, 0.3) is 0 Å². The highest BCUT2D eigenvalue weighted by atomic mass is 28.4. The van der Waals surface area contributed by atoms with Gasteiger partial charge in [-0.25, -0.2) is 9.59 Å². The van der Waals surface area contributed by atoms with Crippen LogP contribution >= 0.6 is 0 Å². The van der Waals surface area contributed by atoms with E-state index < -0.39 is 37.6 Å². The molecule has 1 saturated heterocycles. The Labute approximate surface area is 193 Å². The number of hydrogen-bond donors (Lipinski definition) is 1. The Bertz CT molecular complexity index is 799. The van der Waals surface area contributed by atoms with E-state index in [-0.39, 0.29) is 31.2 Å². The van der Waals surface area contributed by atoms with Gasteiger partial charge in [0, 0.05) is 6.42 Å². The van der Waals surface area contributed by atoms with Crippen LogP contribution in [0.1, 0.15) is 53.5 Å². The molecule has 0 unspecified atom stereocenters. The summed E-state index contributed by atoms with van der Waals surface area (Å²) in [5, 5.41) is 11.3. The van der Waals surface area contributed by atoms with Crippen LogP contribution in [-0.2, 0) is 25.3 Å². The van der Waals surface area contributed by atoms with Gasteiger partial charge in [-0.2, -0.15) is 0 Å². The molecular weight excluding hydrogens is 426 g/mol. The standard InChI is InChI=1S/C24H39NO6Si/c1-22(2,3)31-21(27)25-16-24(28,17-30-32(7,8)23(4,5)6)14-19(25)20(26)29-15-18-12-10-9-11-13-18/h9-13,19,28H,14-17H2,1-8H3/t19-,24+/m0/s1. The predicted molar refractivity (Wildman–Crippen MR) is 126 cm³/mol. The molecule has 180 valence electrons. The molecule has 0 radical (unpaired) electrons. The number of aliphatic hydroxyl groups is 1. The second-order valence-electron chi connectivity index (χ2n) is 11.2. The molecule has 8 heteroatoms. The normalized spacial score (nSPS) is 22.0. The molecule has 1 fully saturated rings. The fourth-order valence-electron chi connectivity index (χ4n) is 3.15. The van der Waals surface area contributed by atoms with Crippen LogP contribution in [0.3, 0.4) is 0 Å². The summed E-state index contributed by atoms with van der Waals surface area (Å²) in [7, 11) is -2.13. The summed E-state index contributed by atoms with van der Waals surface area (Å²) in [5.74, 6) is -0.567. The number of ether oxygens (including phenoxy) is 2. The monoisotopic (exact) mass is 465 g/mol. The molecular formula is C24H39NO6Si. The average molecular weight is 466 g/mol. The summed E-state index contributed by atoms with van der Waals surface area (Å²) in [6, 6.07) is 8.38. The summed E-state index contributed by atoms with van der Waals surface area (Å²) >= 11 is 0. The molecule has 1 N–H and O–H groups in total. The number of hydrogen-bond acceptors (Lipinski definition) is 6. The van der Waals surface area contributed by atoms with E-state index in [1.54, 1.807) is 20.8 Å². The molecule has 1 aliphatic heterocycles. The molecule has 0 spiro atoms. The van der Waals surface area contributed by atoms with E-state index in [1.165, 1.54) is 4.90 Å². The van der Waals surface area contributed by atoms with E-state index in [2.05, 4.69) is 33.9 Å².